The number of pyridine rings is 3. The largest absolute Gasteiger partial charge is 0.487 e. The number of benzene rings is 2. The van der Waals surface area contributed by atoms with Crippen LogP contribution in [-0.2, 0) is 10.9 Å². The van der Waals surface area contributed by atoms with Crippen molar-refractivity contribution in [3.63, 3.8) is 0 Å². The molecule has 2 aliphatic rings. The fourth-order valence-corrected chi connectivity index (χ4v) is 7.93. The fourth-order valence-electron chi connectivity index (χ4n) is 7.16. The van der Waals surface area contributed by atoms with E-state index in [9.17, 15) is 18.3 Å². The molecule has 2 fully saturated rings. The molecular weight excluding hydrogens is 688 g/mol. The Hall–Kier alpha value is -5.35. The summed E-state index contributed by atoms with van der Waals surface area (Å²) in [5, 5.41) is 19.8. The van der Waals surface area contributed by atoms with E-state index in [1.807, 2.05) is 36.7 Å². The molecule has 1 unspecified atom stereocenters. The maximum absolute atomic E-state index is 13.3. The second kappa shape index (κ2) is 13.0. The van der Waals surface area contributed by atoms with Crippen LogP contribution >= 0.6 is 11.3 Å². The van der Waals surface area contributed by atoms with Gasteiger partial charge in [-0.2, -0.15) is 18.3 Å². The van der Waals surface area contributed by atoms with Gasteiger partial charge in [0, 0.05) is 84.2 Å². The maximum Gasteiger partial charge on any atom is 0.417 e. The summed E-state index contributed by atoms with van der Waals surface area (Å²) in [7, 11) is 0. The van der Waals surface area contributed by atoms with Crippen molar-refractivity contribution in [2.75, 3.05) is 13.2 Å². The lowest BCUT2D eigenvalue weighted by Crippen LogP contribution is -2.47. The molecule has 3 atom stereocenters. The first-order valence-electron chi connectivity index (χ1n) is 17.0. The van der Waals surface area contributed by atoms with Gasteiger partial charge in [0.1, 0.15) is 11.9 Å². The van der Waals surface area contributed by atoms with E-state index in [1.54, 1.807) is 36.1 Å². The van der Waals surface area contributed by atoms with Crippen molar-refractivity contribution in [1.29, 1.82) is 0 Å². The lowest BCUT2D eigenvalue weighted by molar-refractivity contribution is -0.137. The number of hydrogen-bond donors (Lipinski definition) is 1. The van der Waals surface area contributed by atoms with Gasteiger partial charge in [-0.25, -0.2) is 9.50 Å². The van der Waals surface area contributed by atoms with E-state index in [0.717, 1.165) is 86.4 Å². The zero-order valence-electron chi connectivity index (χ0n) is 27.5. The second-order valence-corrected chi connectivity index (χ2v) is 14.2. The Morgan fingerprint density at radius 2 is 1.79 bits per heavy atom. The van der Waals surface area contributed by atoms with Crippen LogP contribution in [0.4, 0.5) is 13.2 Å². The highest BCUT2D eigenvalue weighted by molar-refractivity contribution is 7.15. The van der Waals surface area contributed by atoms with Gasteiger partial charge in [-0.15, -0.1) is 11.3 Å². The molecule has 1 saturated carbocycles. The highest BCUT2D eigenvalue weighted by Gasteiger charge is 2.44. The Morgan fingerprint density at radius 1 is 0.904 bits per heavy atom. The number of ether oxygens (including phenoxy) is 2. The van der Waals surface area contributed by atoms with E-state index in [0.29, 0.717) is 29.2 Å². The van der Waals surface area contributed by atoms with Crippen molar-refractivity contribution in [2.45, 2.75) is 43.6 Å². The van der Waals surface area contributed by atoms with Crippen LogP contribution in [0.5, 0.6) is 5.75 Å². The number of nitrogens with zero attached hydrogens (tertiary/aromatic N) is 5. The molecule has 0 radical (unpaired) electrons. The highest BCUT2D eigenvalue weighted by Crippen LogP contribution is 2.45. The number of fused-ring (bicyclic) bond motifs is 3. The van der Waals surface area contributed by atoms with Gasteiger partial charge in [-0.1, -0.05) is 18.1 Å². The molecule has 0 bridgehead atoms. The standard InChI is InChI=1S/C40H30F3N5O3S/c41-40(42,43)28-4-5-33-32(19-47-48(33)22-28)24-2-3-26-17-45-20-36(29(26)14-24)51-35-16-34(49)39(35)30-15-27(13-25-7-10-44-18-31(25)30)37-21-46-38(52-37)6-1-23-8-11-50-12-9-23/h2-5,7,10,13-15,17-23,34-35,39,49H,8-9,11-12,16H2/t34-,35-,39?/m0/s1. The number of hydrogen-bond acceptors (Lipinski definition) is 8. The molecule has 0 amide bonds. The number of rotatable bonds is 5. The molecule has 12 heteroatoms. The molecule has 7 aromatic rings. The van der Waals surface area contributed by atoms with E-state index in [1.165, 1.54) is 10.6 Å². The van der Waals surface area contributed by atoms with Gasteiger partial charge in [-0.05, 0) is 77.2 Å². The molecule has 6 heterocycles. The SMILES string of the molecule is O[C@H]1C[C@H](Oc2cncc3ccc(-c4cnn5cc(C(F)(F)F)ccc45)cc23)C1c1cc(-c2cnc(C#CC3CCOCC3)s2)cc2ccncc12. The summed E-state index contributed by atoms with van der Waals surface area (Å²) in [5.41, 5.74) is 3.15. The molecule has 5 aromatic heterocycles. The van der Waals surface area contributed by atoms with Crippen molar-refractivity contribution in [3.8, 4) is 39.2 Å². The summed E-state index contributed by atoms with van der Waals surface area (Å²) in [5.74, 6) is 7.16. The first-order valence-corrected chi connectivity index (χ1v) is 17.8. The van der Waals surface area contributed by atoms with Gasteiger partial charge in [-0.3, -0.25) is 9.97 Å². The second-order valence-electron chi connectivity index (χ2n) is 13.2. The van der Waals surface area contributed by atoms with Crippen molar-refractivity contribution < 1.29 is 27.8 Å². The minimum Gasteiger partial charge on any atom is -0.487 e. The molecule has 1 aliphatic carbocycles. The van der Waals surface area contributed by atoms with Crippen LogP contribution in [-0.4, -0.2) is 55.1 Å². The van der Waals surface area contributed by atoms with Crippen molar-refractivity contribution in [3.05, 3.63) is 108 Å². The predicted octanol–water partition coefficient (Wildman–Crippen LogP) is 8.31. The van der Waals surface area contributed by atoms with E-state index < -0.39 is 17.8 Å². The van der Waals surface area contributed by atoms with Crippen LogP contribution < -0.4 is 4.74 Å². The van der Waals surface area contributed by atoms with Gasteiger partial charge in [0.05, 0.1) is 34.5 Å². The summed E-state index contributed by atoms with van der Waals surface area (Å²) in [6.45, 7) is 1.49. The molecule has 9 rings (SSSR count). The summed E-state index contributed by atoms with van der Waals surface area (Å²) < 4.78 is 53.4. The minimum absolute atomic E-state index is 0.322. The molecule has 2 aromatic carbocycles. The van der Waals surface area contributed by atoms with Gasteiger partial charge in [0.2, 0.25) is 0 Å². The van der Waals surface area contributed by atoms with E-state index >= 15 is 0 Å². The first-order chi connectivity index (χ1) is 25.3. The van der Waals surface area contributed by atoms with Gasteiger partial charge >= 0.3 is 6.18 Å². The predicted molar refractivity (Wildman–Crippen MR) is 192 cm³/mol. The Morgan fingerprint density at radius 3 is 2.63 bits per heavy atom. The molecule has 1 aliphatic heterocycles. The van der Waals surface area contributed by atoms with Gasteiger partial charge in [0.15, 0.2) is 5.01 Å². The van der Waals surface area contributed by atoms with E-state index in [-0.39, 0.29) is 12.0 Å². The number of halogens is 3. The molecule has 52 heavy (non-hydrogen) atoms. The molecule has 1 N–H and O–H groups in total. The highest BCUT2D eigenvalue weighted by atomic mass is 32.1. The lowest BCUT2D eigenvalue weighted by atomic mass is 9.72. The number of alkyl halides is 3. The average molecular weight is 718 g/mol. The van der Waals surface area contributed by atoms with Gasteiger partial charge in [0.25, 0.3) is 0 Å². The summed E-state index contributed by atoms with van der Waals surface area (Å²) >= 11 is 1.55. The Balaban J connectivity index is 1.03. The van der Waals surface area contributed by atoms with Crippen LogP contribution in [0.15, 0.2) is 91.9 Å². The van der Waals surface area contributed by atoms with Crippen LogP contribution in [0.1, 0.15) is 41.3 Å². The van der Waals surface area contributed by atoms with E-state index in [2.05, 4.69) is 44.0 Å². The average Bonchev–Trinajstić information content (AvgIpc) is 3.81. The normalized spacial score (nSPS) is 19.4. The Labute approximate surface area is 299 Å². The third-order valence-electron chi connectivity index (χ3n) is 9.99. The van der Waals surface area contributed by atoms with Crippen LogP contribution in [0, 0.1) is 17.8 Å². The topological polar surface area (TPSA) is 94.7 Å². The summed E-state index contributed by atoms with van der Waals surface area (Å²) in [4.78, 5) is 14.4. The van der Waals surface area contributed by atoms with Crippen LogP contribution in [0.3, 0.4) is 0 Å². The summed E-state index contributed by atoms with van der Waals surface area (Å²) in [6, 6.07) is 14.4. The number of thiazole rings is 1. The quantitative estimate of drug-likeness (QED) is 0.179. The monoisotopic (exact) mass is 717 g/mol. The molecular formula is C40H30F3N5O3S. The molecule has 0 spiro atoms. The number of aliphatic hydroxyl groups is 1. The van der Waals surface area contributed by atoms with E-state index in [4.69, 9.17) is 9.47 Å². The van der Waals surface area contributed by atoms with Crippen molar-refractivity contribution in [1.82, 2.24) is 24.6 Å². The van der Waals surface area contributed by atoms with Crippen LogP contribution in [0.2, 0.25) is 0 Å². The lowest BCUT2D eigenvalue weighted by Gasteiger charge is -2.42. The first kappa shape index (κ1) is 32.6. The maximum atomic E-state index is 13.3. The zero-order chi connectivity index (χ0) is 35.4. The number of aromatic nitrogens is 5. The Kier molecular flexibility index (Phi) is 8.14. The molecule has 260 valence electrons. The summed E-state index contributed by atoms with van der Waals surface area (Å²) in [6.07, 6.45) is 8.24. The van der Waals surface area contributed by atoms with Crippen molar-refractivity contribution in [2.24, 2.45) is 5.92 Å². The minimum atomic E-state index is -4.47. The van der Waals surface area contributed by atoms with Crippen LogP contribution in [0.25, 0.3) is 48.6 Å². The zero-order valence-corrected chi connectivity index (χ0v) is 28.4. The van der Waals surface area contributed by atoms with Gasteiger partial charge < -0.3 is 14.6 Å². The number of aliphatic hydroxyl groups excluding tert-OH is 1. The molecule has 8 nitrogen and oxygen atoms in total. The smallest absolute Gasteiger partial charge is 0.417 e. The van der Waals surface area contributed by atoms with Crippen molar-refractivity contribution >= 4 is 38.4 Å². The third kappa shape index (κ3) is 6.04. The Bertz CT molecular complexity index is 2530. The third-order valence-corrected chi connectivity index (χ3v) is 10.9. The molecule has 1 saturated heterocycles. The fraction of sp³-hybridized carbons (Fsp3) is 0.250.